The van der Waals surface area contributed by atoms with E-state index in [9.17, 15) is 13.2 Å². The van der Waals surface area contributed by atoms with Crippen molar-refractivity contribution in [3.63, 3.8) is 0 Å². The highest BCUT2D eigenvalue weighted by Gasteiger charge is 2.31. The number of carboxylic acid groups (broad SMARTS) is 1. The number of aromatic carboxylic acids is 1. The van der Waals surface area contributed by atoms with Crippen LogP contribution in [0.25, 0.3) is 0 Å². The van der Waals surface area contributed by atoms with Crippen LogP contribution < -0.4 is 5.32 Å². The van der Waals surface area contributed by atoms with Crippen LogP contribution in [0.4, 0.5) is 0 Å². The quantitative estimate of drug-likeness (QED) is 0.845. The summed E-state index contributed by atoms with van der Waals surface area (Å²) in [6, 6.07) is 2.76. The second kappa shape index (κ2) is 5.34. The van der Waals surface area contributed by atoms with Crippen LogP contribution in [-0.2, 0) is 9.84 Å². The van der Waals surface area contributed by atoms with E-state index in [0.29, 0.717) is 25.1 Å². The number of carboxylic acids is 1. The maximum absolute atomic E-state index is 11.7. The Labute approximate surface area is 111 Å². The third kappa shape index (κ3) is 3.16. The Morgan fingerprint density at radius 1 is 1.58 bits per heavy atom. The lowest BCUT2D eigenvalue weighted by Gasteiger charge is -2.15. The predicted octanol–water partition coefficient (Wildman–Crippen LogP) is 1.21. The number of hydrogen-bond acceptors (Lipinski definition) is 5. The van der Waals surface area contributed by atoms with E-state index >= 15 is 0 Å². The standard InChI is InChI=1S/C12H17NO5S/c1-8(10-4-5-11(18-10)12(14)15)13-7-9-3-2-6-19(9,16)17/h4-5,8-9,13H,2-3,6-7H2,1H3,(H,14,15). The van der Waals surface area contributed by atoms with Gasteiger partial charge in [-0.3, -0.25) is 0 Å². The zero-order valence-electron chi connectivity index (χ0n) is 10.6. The van der Waals surface area contributed by atoms with Gasteiger partial charge in [0.2, 0.25) is 5.76 Å². The minimum atomic E-state index is -2.96. The fourth-order valence-electron chi connectivity index (χ4n) is 2.20. The van der Waals surface area contributed by atoms with E-state index in [1.54, 1.807) is 6.07 Å². The molecular formula is C12H17NO5S. The predicted molar refractivity (Wildman–Crippen MR) is 68.9 cm³/mol. The Balaban J connectivity index is 1.94. The van der Waals surface area contributed by atoms with Gasteiger partial charge in [-0.2, -0.15) is 0 Å². The molecule has 2 rings (SSSR count). The van der Waals surface area contributed by atoms with Crippen molar-refractivity contribution in [3.05, 3.63) is 23.7 Å². The van der Waals surface area contributed by atoms with Gasteiger partial charge in [0, 0.05) is 6.54 Å². The highest BCUT2D eigenvalue weighted by molar-refractivity contribution is 7.92. The van der Waals surface area contributed by atoms with Crippen molar-refractivity contribution < 1.29 is 22.7 Å². The van der Waals surface area contributed by atoms with Crippen molar-refractivity contribution >= 4 is 15.8 Å². The lowest BCUT2D eigenvalue weighted by atomic mass is 10.2. The van der Waals surface area contributed by atoms with E-state index in [1.807, 2.05) is 6.92 Å². The van der Waals surface area contributed by atoms with Crippen LogP contribution in [0.1, 0.15) is 42.1 Å². The molecule has 0 bridgehead atoms. The van der Waals surface area contributed by atoms with Crippen LogP contribution in [0.5, 0.6) is 0 Å². The molecule has 0 aliphatic carbocycles. The third-order valence-corrected chi connectivity index (χ3v) is 5.65. The van der Waals surface area contributed by atoms with E-state index < -0.39 is 15.8 Å². The molecule has 0 amide bonds. The summed E-state index contributed by atoms with van der Waals surface area (Å²) in [5.74, 6) is -0.473. The summed E-state index contributed by atoms with van der Waals surface area (Å²) < 4.78 is 28.5. The Morgan fingerprint density at radius 2 is 2.32 bits per heavy atom. The molecule has 1 fully saturated rings. The normalized spacial score (nSPS) is 23.3. The number of hydrogen-bond donors (Lipinski definition) is 2. The summed E-state index contributed by atoms with van der Waals surface area (Å²) in [6.07, 6.45) is 1.40. The van der Waals surface area contributed by atoms with Gasteiger partial charge in [-0.15, -0.1) is 0 Å². The Hall–Kier alpha value is -1.34. The minimum absolute atomic E-state index is 0.114. The molecule has 1 aliphatic rings. The molecular weight excluding hydrogens is 270 g/mol. The molecule has 0 spiro atoms. The molecule has 6 nitrogen and oxygen atoms in total. The van der Waals surface area contributed by atoms with Gasteiger partial charge in [-0.1, -0.05) is 0 Å². The fraction of sp³-hybridized carbons (Fsp3) is 0.583. The second-order valence-electron chi connectivity index (χ2n) is 4.77. The molecule has 0 aromatic carbocycles. The van der Waals surface area contributed by atoms with Gasteiger partial charge in [0.1, 0.15) is 5.76 Å². The Morgan fingerprint density at radius 3 is 2.84 bits per heavy atom. The summed E-state index contributed by atoms with van der Waals surface area (Å²) in [6.45, 7) is 2.18. The molecule has 0 radical (unpaired) electrons. The monoisotopic (exact) mass is 287 g/mol. The van der Waals surface area contributed by atoms with Crippen LogP contribution in [0.15, 0.2) is 16.5 Å². The van der Waals surface area contributed by atoms with Crippen LogP contribution in [0.3, 0.4) is 0 Å². The maximum Gasteiger partial charge on any atom is 0.371 e. The summed E-state index contributed by atoms with van der Waals surface area (Å²) >= 11 is 0. The molecule has 2 atom stereocenters. The van der Waals surface area contributed by atoms with E-state index in [1.165, 1.54) is 6.07 Å². The average molecular weight is 287 g/mol. The van der Waals surface area contributed by atoms with Gasteiger partial charge in [-0.05, 0) is 31.9 Å². The molecule has 106 valence electrons. The van der Waals surface area contributed by atoms with Gasteiger partial charge in [0.25, 0.3) is 0 Å². The molecule has 1 aromatic rings. The first kappa shape index (κ1) is 14.1. The number of sulfone groups is 1. The molecule has 1 aromatic heterocycles. The first-order valence-corrected chi connectivity index (χ1v) is 7.89. The number of rotatable bonds is 5. The number of nitrogens with one attached hydrogen (secondary N) is 1. The minimum Gasteiger partial charge on any atom is -0.475 e. The van der Waals surface area contributed by atoms with E-state index in [-0.39, 0.29) is 22.8 Å². The molecule has 2 unspecified atom stereocenters. The summed E-state index contributed by atoms with van der Waals surface area (Å²) in [7, 11) is -2.96. The molecule has 0 saturated carbocycles. The van der Waals surface area contributed by atoms with Crippen molar-refractivity contribution in [3.8, 4) is 0 Å². The Bertz CT molecular complexity index is 562. The van der Waals surface area contributed by atoms with Gasteiger partial charge < -0.3 is 14.8 Å². The molecule has 2 N–H and O–H groups in total. The van der Waals surface area contributed by atoms with Crippen molar-refractivity contribution in [2.45, 2.75) is 31.1 Å². The second-order valence-corrected chi connectivity index (χ2v) is 7.17. The zero-order chi connectivity index (χ0) is 14.0. The van der Waals surface area contributed by atoms with Crippen LogP contribution in [0, 0.1) is 0 Å². The SMILES string of the molecule is CC(NCC1CCCS1(=O)=O)c1ccc(C(=O)O)o1. The van der Waals surface area contributed by atoms with Crippen LogP contribution in [-0.4, -0.2) is 37.0 Å². The number of furan rings is 1. The van der Waals surface area contributed by atoms with Crippen molar-refractivity contribution in [2.75, 3.05) is 12.3 Å². The number of carbonyl (C=O) groups is 1. The molecule has 1 aliphatic heterocycles. The molecule has 1 saturated heterocycles. The van der Waals surface area contributed by atoms with E-state index in [2.05, 4.69) is 5.32 Å². The highest BCUT2D eigenvalue weighted by Crippen LogP contribution is 2.21. The summed E-state index contributed by atoms with van der Waals surface area (Å²) in [5.41, 5.74) is 0. The fourth-order valence-corrected chi connectivity index (χ4v) is 3.98. The maximum atomic E-state index is 11.7. The van der Waals surface area contributed by atoms with Gasteiger partial charge in [0.15, 0.2) is 9.84 Å². The lowest BCUT2D eigenvalue weighted by Crippen LogP contribution is -2.32. The first-order chi connectivity index (χ1) is 8.90. The molecule has 2 heterocycles. The van der Waals surface area contributed by atoms with E-state index in [4.69, 9.17) is 9.52 Å². The first-order valence-electron chi connectivity index (χ1n) is 6.18. The average Bonchev–Trinajstić information content (AvgIpc) is 2.92. The lowest BCUT2D eigenvalue weighted by molar-refractivity contribution is 0.0659. The van der Waals surface area contributed by atoms with Crippen molar-refractivity contribution in [1.82, 2.24) is 5.32 Å². The third-order valence-electron chi connectivity index (χ3n) is 3.38. The van der Waals surface area contributed by atoms with Crippen LogP contribution >= 0.6 is 0 Å². The zero-order valence-corrected chi connectivity index (χ0v) is 11.4. The summed E-state index contributed by atoms with van der Waals surface area (Å²) in [5, 5.41) is 11.5. The van der Waals surface area contributed by atoms with Crippen molar-refractivity contribution in [1.29, 1.82) is 0 Å². The Kier molecular flexibility index (Phi) is 3.96. The summed E-state index contributed by atoms with van der Waals surface area (Å²) in [4.78, 5) is 10.7. The largest absolute Gasteiger partial charge is 0.475 e. The van der Waals surface area contributed by atoms with E-state index in [0.717, 1.165) is 0 Å². The molecule has 7 heteroatoms. The topological polar surface area (TPSA) is 96.6 Å². The smallest absolute Gasteiger partial charge is 0.371 e. The van der Waals surface area contributed by atoms with Gasteiger partial charge in [0.05, 0.1) is 17.0 Å². The van der Waals surface area contributed by atoms with Gasteiger partial charge >= 0.3 is 5.97 Å². The van der Waals surface area contributed by atoms with Crippen LogP contribution in [0.2, 0.25) is 0 Å². The van der Waals surface area contributed by atoms with Gasteiger partial charge in [-0.25, -0.2) is 13.2 Å². The molecule has 19 heavy (non-hydrogen) atoms. The highest BCUT2D eigenvalue weighted by atomic mass is 32.2. The van der Waals surface area contributed by atoms with Crippen molar-refractivity contribution in [2.24, 2.45) is 0 Å².